The average Bonchev–Trinajstić information content (AvgIpc) is 2.75. The zero-order valence-corrected chi connectivity index (χ0v) is 10.8. The number of rotatable bonds is 5. The number of benzene rings is 1. The number of nitrogens with two attached hydrogens (primary N) is 1. The number of halogens is 1. The summed E-state index contributed by atoms with van der Waals surface area (Å²) in [6.45, 7) is 0.382. The van der Waals surface area contributed by atoms with Crippen LogP contribution in [0.1, 0.15) is 5.56 Å². The lowest BCUT2D eigenvalue weighted by molar-refractivity contribution is -0.118. The van der Waals surface area contributed by atoms with Crippen LogP contribution in [-0.4, -0.2) is 20.8 Å². The first kappa shape index (κ1) is 13.2. The van der Waals surface area contributed by atoms with Gasteiger partial charge in [0.2, 0.25) is 5.91 Å². The third-order valence-electron chi connectivity index (χ3n) is 2.51. The number of hydrogen-bond donors (Lipinski definition) is 3. The fraction of sp³-hybridized carbons (Fsp3) is 0.167. The summed E-state index contributed by atoms with van der Waals surface area (Å²) < 4.78 is 1.43. The van der Waals surface area contributed by atoms with Crippen LogP contribution >= 0.6 is 11.6 Å². The predicted octanol–water partition coefficient (Wildman–Crippen LogP) is 1.34. The molecule has 100 valence electrons. The van der Waals surface area contributed by atoms with Crippen molar-refractivity contribution in [3.8, 4) is 5.75 Å². The number of anilines is 1. The summed E-state index contributed by atoms with van der Waals surface area (Å²) in [5, 5.41) is 17.2. The SMILES string of the molecule is NC(=O)Cn1cc(NCc2c(O)cccc2Cl)cn1. The van der Waals surface area contributed by atoms with E-state index in [2.05, 4.69) is 10.4 Å². The molecule has 6 nitrogen and oxygen atoms in total. The summed E-state index contributed by atoms with van der Waals surface area (Å²) in [5.41, 5.74) is 6.38. The van der Waals surface area contributed by atoms with E-state index in [1.54, 1.807) is 30.6 Å². The number of amides is 1. The van der Waals surface area contributed by atoms with Crippen molar-refractivity contribution in [1.82, 2.24) is 9.78 Å². The van der Waals surface area contributed by atoms with Gasteiger partial charge in [-0.1, -0.05) is 17.7 Å². The van der Waals surface area contributed by atoms with Gasteiger partial charge in [-0.15, -0.1) is 0 Å². The minimum atomic E-state index is -0.460. The van der Waals surface area contributed by atoms with Gasteiger partial charge in [-0.25, -0.2) is 0 Å². The van der Waals surface area contributed by atoms with E-state index in [1.165, 1.54) is 4.68 Å². The van der Waals surface area contributed by atoms with E-state index < -0.39 is 5.91 Å². The minimum absolute atomic E-state index is 0.0268. The van der Waals surface area contributed by atoms with Crippen molar-refractivity contribution in [2.45, 2.75) is 13.1 Å². The molecule has 1 amide bonds. The van der Waals surface area contributed by atoms with E-state index in [9.17, 15) is 9.90 Å². The quantitative estimate of drug-likeness (QED) is 0.770. The van der Waals surface area contributed by atoms with Gasteiger partial charge in [0.15, 0.2) is 0 Å². The fourth-order valence-corrected chi connectivity index (χ4v) is 1.85. The van der Waals surface area contributed by atoms with Crippen LogP contribution in [0.5, 0.6) is 5.75 Å². The summed E-state index contributed by atoms with van der Waals surface area (Å²) in [6.07, 6.45) is 3.22. The summed E-state index contributed by atoms with van der Waals surface area (Å²) >= 11 is 5.99. The van der Waals surface area contributed by atoms with E-state index >= 15 is 0 Å². The van der Waals surface area contributed by atoms with Crippen LogP contribution in [0, 0.1) is 0 Å². The second kappa shape index (κ2) is 5.62. The van der Waals surface area contributed by atoms with Gasteiger partial charge in [-0.3, -0.25) is 9.48 Å². The van der Waals surface area contributed by atoms with Gasteiger partial charge in [0.25, 0.3) is 0 Å². The molecule has 1 aromatic carbocycles. The highest BCUT2D eigenvalue weighted by Crippen LogP contribution is 2.25. The highest BCUT2D eigenvalue weighted by Gasteiger charge is 2.07. The second-order valence-electron chi connectivity index (χ2n) is 3.98. The standard InChI is InChI=1S/C12H13ClN4O2/c13-10-2-1-3-11(18)9(10)5-15-8-4-16-17(6-8)7-12(14)19/h1-4,6,15,18H,5,7H2,(H2,14,19). The van der Waals surface area contributed by atoms with Gasteiger partial charge in [-0.2, -0.15) is 5.10 Å². The molecule has 0 unspecified atom stereocenters. The molecule has 19 heavy (non-hydrogen) atoms. The molecular weight excluding hydrogens is 268 g/mol. The Balaban J connectivity index is 2.02. The van der Waals surface area contributed by atoms with Gasteiger partial charge in [0.05, 0.1) is 11.9 Å². The largest absolute Gasteiger partial charge is 0.508 e. The van der Waals surface area contributed by atoms with Crippen molar-refractivity contribution in [2.24, 2.45) is 5.73 Å². The summed E-state index contributed by atoms with van der Waals surface area (Å²) in [4.78, 5) is 10.7. The maximum absolute atomic E-state index is 10.7. The number of phenolic OH excluding ortho intramolecular Hbond substituents is 1. The van der Waals surface area contributed by atoms with Crippen molar-refractivity contribution in [3.63, 3.8) is 0 Å². The summed E-state index contributed by atoms with van der Waals surface area (Å²) in [6, 6.07) is 4.94. The Morgan fingerprint density at radius 2 is 2.32 bits per heavy atom. The number of aromatic nitrogens is 2. The molecule has 0 aliphatic rings. The molecule has 0 saturated heterocycles. The Hall–Kier alpha value is -2.21. The average molecular weight is 281 g/mol. The molecule has 1 heterocycles. The molecule has 0 spiro atoms. The molecular formula is C12H13ClN4O2. The molecule has 2 rings (SSSR count). The van der Waals surface area contributed by atoms with Crippen LogP contribution in [0.4, 0.5) is 5.69 Å². The highest BCUT2D eigenvalue weighted by molar-refractivity contribution is 6.31. The Morgan fingerprint density at radius 1 is 1.53 bits per heavy atom. The van der Waals surface area contributed by atoms with Crippen molar-refractivity contribution in [1.29, 1.82) is 0 Å². The van der Waals surface area contributed by atoms with Crippen LogP contribution in [0.3, 0.4) is 0 Å². The maximum Gasteiger partial charge on any atom is 0.239 e. The number of carbonyl (C=O) groups is 1. The van der Waals surface area contributed by atoms with Gasteiger partial charge < -0.3 is 16.2 Å². The van der Waals surface area contributed by atoms with Crippen LogP contribution in [0.2, 0.25) is 5.02 Å². The topological polar surface area (TPSA) is 93.2 Å². The minimum Gasteiger partial charge on any atom is -0.508 e. The molecule has 7 heteroatoms. The van der Waals surface area contributed by atoms with Crippen LogP contribution in [0.15, 0.2) is 30.6 Å². The van der Waals surface area contributed by atoms with Gasteiger partial charge in [0, 0.05) is 23.3 Å². The van der Waals surface area contributed by atoms with Crippen LogP contribution in [0.25, 0.3) is 0 Å². The Kier molecular flexibility index (Phi) is 3.91. The molecule has 0 bridgehead atoms. The number of aromatic hydroxyl groups is 1. The number of nitrogens with zero attached hydrogens (tertiary/aromatic N) is 2. The molecule has 4 N–H and O–H groups in total. The number of nitrogens with one attached hydrogen (secondary N) is 1. The van der Waals surface area contributed by atoms with Gasteiger partial charge in [0.1, 0.15) is 12.3 Å². The van der Waals surface area contributed by atoms with Crippen molar-refractivity contribution < 1.29 is 9.90 Å². The second-order valence-corrected chi connectivity index (χ2v) is 4.39. The zero-order valence-electron chi connectivity index (χ0n) is 10.0. The third kappa shape index (κ3) is 3.38. The lowest BCUT2D eigenvalue weighted by Crippen LogP contribution is -2.18. The number of primary amides is 1. The first-order valence-electron chi connectivity index (χ1n) is 5.57. The van der Waals surface area contributed by atoms with Crippen molar-refractivity contribution in [2.75, 3.05) is 5.32 Å². The number of phenols is 1. The molecule has 0 radical (unpaired) electrons. The Morgan fingerprint density at radius 3 is 3.00 bits per heavy atom. The van der Waals surface area contributed by atoms with E-state index in [0.717, 1.165) is 0 Å². The molecule has 0 saturated carbocycles. The molecule has 1 aromatic heterocycles. The summed E-state index contributed by atoms with van der Waals surface area (Å²) in [5.74, 6) is -0.331. The highest BCUT2D eigenvalue weighted by atomic mass is 35.5. The van der Waals surface area contributed by atoms with Gasteiger partial charge in [-0.05, 0) is 12.1 Å². The van der Waals surface area contributed by atoms with Crippen molar-refractivity contribution >= 4 is 23.2 Å². The first-order valence-corrected chi connectivity index (χ1v) is 5.95. The normalized spacial score (nSPS) is 10.4. The third-order valence-corrected chi connectivity index (χ3v) is 2.87. The summed E-state index contributed by atoms with van der Waals surface area (Å²) in [7, 11) is 0. The fourth-order valence-electron chi connectivity index (χ4n) is 1.61. The molecule has 0 aliphatic carbocycles. The number of hydrogen-bond acceptors (Lipinski definition) is 4. The molecule has 0 atom stereocenters. The molecule has 0 aliphatic heterocycles. The van der Waals surface area contributed by atoms with Crippen molar-refractivity contribution in [3.05, 3.63) is 41.2 Å². The smallest absolute Gasteiger partial charge is 0.239 e. The Bertz CT molecular complexity index is 577. The van der Waals surface area contributed by atoms with Gasteiger partial charge >= 0.3 is 0 Å². The zero-order chi connectivity index (χ0) is 13.8. The van der Waals surface area contributed by atoms with E-state index in [4.69, 9.17) is 17.3 Å². The maximum atomic E-state index is 10.7. The van der Waals surface area contributed by atoms with E-state index in [-0.39, 0.29) is 12.3 Å². The number of carbonyl (C=O) groups excluding carboxylic acids is 1. The monoisotopic (exact) mass is 280 g/mol. The molecule has 0 fully saturated rings. The van der Waals surface area contributed by atoms with E-state index in [0.29, 0.717) is 22.8 Å². The lowest BCUT2D eigenvalue weighted by Gasteiger charge is -2.07. The molecule has 2 aromatic rings. The lowest BCUT2D eigenvalue weighted by atomic mass is 10.2. The van der Waals surface area contributed by atoms with E-state index in [1.807, 2.05) is 0 Å². The van der Waals surface area contributed by atoms with Crippen LogP contribution in [-0.2, 0) is 17.9 Å². The van der Waals surface area contributed by atoms with Crippen LogP contribution < -0.4 is 11.1 Å². The predicted molar refractivity (Wildman–Crippen MR) is 71.9 cm³/mol. The first-order chi connectivity index (χ1) is 9.06. The Labute approximate surface area is 114 Å².